The summed E-state index contributed by atoms with van der Waals surface area (Å²) in [6.07, 6.45) is 70.5. The topological polar surface area (TPSA) is 27.7 Å². The Morgan fingerprint density at radius 1 is 0.237 bits per heavy atom. The highest BCUT2D eigenvalue weighted by Gasteiger charge is 2.34. The smallest absolute Gasteiger partial charge is 0.374 e. The van der Waals surface area contributed by atoms with Crippen LogP contribution in [0.2, 0.25) is 6.55 Å². The first-order valence-corrected chi connectivity index (χ1v) is 29.3. The predicted octanol–water partition coefficient (Wildman–Crippen LogP) is 19.7. The fourth-order valence-electron chi connectivity index (χ4n) is 7.95. The summed E-state index contributed by atoms with van der Waals surface area (Å²) in [7, 11) is -2.60. The maximum Gasteiger partial charge on any atom is 0.497 e. The van der Waals surface area contributed by atoms with Crippen molar-refractivity contribution >= 4 is 8.80 Å². The molecule has 0 bridgehead atoms. The Morgan fingerprint density at radius 2 is 0.407 bits per heavy atom. The quantitative estimate of drug-likeness (QED) is 0.0347. The van der Waals surface area contributed by atoms with Crippen LogP contribution in [0.4, 0.5) is 0 Å². The average Bonchev–Trinajstić information content (AvgIpc) is 3.24. The monoisotopic (exact) mass is 845 g/mol. The zero-order valence-electron chi connectivity index (χ0n) is 41.0. The van der Waals surface area contributed by atoms with Crippen molar-refractivity contribution in [3.63, 3.8) is 0 Å². The Morgan fingerprint density at radius 3 is 0.610 bits per heavy atom. The van der Waals surface area contributed by atoms with Crippen LogP contribution in [-0.2, 0) is 13.3 Å². The highest BCUT2D eigenvalue weighted by molar-refractivity contribution is 6.59. The second kappa shape index (κ2) is 51.7. The zero-order valence-corrected chi connectivity index (χ0v) is 42.0. The lowest BCUT2D eigenvalue weighted by Crippen LogP contribution is -2.43. The second-order valence-corrected chi connectivity index (χ2v) is 20.8. The lowest BCUT2D eigenvalue weighted by Gasteiger charge is -2.26. The molecule has 0 aromatic rings. The second-order valence-electron chi connectivity index (χ2n) is 18.2. The van der Waals surface area contributed by atoms with Gasteiger partial charge in [-0.3, -0.25) is 0 Å². The number of allylic oxidation sites excluding steroid dienone is 6. The zero-order chi connectivity index (χ0) is 42.7. The largest absolute Gasteiger partial charge is 0.497 e. The van der Waals surface area contributed by atoms with Gasteiger partial charge in [0.2, 0.25) is 0 Å². The van der Waals surface area contributed by atoms with E-state index in [1.807, 2.05) is 0 Å². The maximum atomic E-state index is 6.48. The third-order valence-electron chi connectivity index (χ3n) is 12.1. The predicted molar refractivity (Wildman–Crippen MR) is 268 cm³/mol. The fourth-order valence-corrected chi connectivity index (χ4v) is 9.74. The molecule has 0 spiro atoms. The Labute approximate surface area is 373 Å². The van der Waals surface area contributed by atoms with Crippen molar-refractivity contribution in [2.45, 2.75) is 297 Å². The van der Waals surface area contributed by atoms with Gasteiger partial charge < -0.3 is 13.3 Å². The maximum absolute atomic E-state index is 6.48. The van der Waals surface area contributed by atoms with Gasteiger partial charge in [-0.25, -0.2) is 0 Å². The van der Waals surface area contributed by atoms with Crippen LogP contribution in [0.1, 0.15) is 290 Å². The summed E-state index contributed by atoms with van der Waals surface area (Å²) < 4.78 is 19.4. The van der Waals surface area contributed by atoms with Crippen molar-refractivity contribution in [1.29, 1.82) is 0 Å². The molecular formula is C55H108O3Si. The van der Waals surface area contributed by atoms with Gasteiger partial charge in [-0.15, -0.1) is 0 Å². The molecule has 3 nitrogen and oxygen atoms in total. The van der Waals surface area contributed by atoms with Crippen molar-refractivity contribution < 1.29 is 13.3 Å². The van der Waals surface area contributed by atoms with E-state index in [1.165, 1.54) is 250 Å². The van der Waals surface area contributed by atoms with Crippen LogP contribution in [0.25, 0.3) is 0 Å². The molecule has 0 atom stereocenters. The van der Waals surface area contributed by atoms with Crippen molar-refractivity contribution in [3.05, 3.63) is 36.5 Å². The Kier molecular flexibility index (Phi) is 51.1. The molecule has 0 saturated heterocycles. The molecule has 0 aromatic heterocycles. The molecule has 4 heteroatoms. The van der Waals surface area contributed by atoms with Crippen LogP contribution < -0.4 is 0 Å². The molecular weight excluding hydrogens is 737 g/mol. The van der Waals surface area contributed by atoms with Gasteiger partial charge in [0.05, 0.1) is 0 Å². The summed E-state index contributed by atoms with van der Waals surface area (Å²) in [6.45, 7) is 11.4. The van der Waals surface area contributed by atoms with Crippen molar-refractivity contribution in [2.24, 2.45) is 0 Å². The highest BCUT2D eigenvalue weighted by atomic mass is 28.4. The number of hydrogen-bond donors (Lipinski definition) is 0. The minimum absolute atomic E-state index is 0.782. The van der Waals surface area contributed by atoms with Gasteiger partial charge in [-0.1, -0.05) is 231 Å². The molecule has 0 heterocycles. The molecule has 0 unspecified atom stereocenters. The van der Waals surface area contributed by atoms with Gasteiger partial charge >= 0.3 is 8.80 Å². The van der Waals surface area contributed by atoms with Gasteiger partial charge in [-0.05, 0) is 96.3 Å². The molecule has 0 radical (unpaired) electrons. The molecule has 0 aliphatic heterocycles. The molecule has 0 aromatic carbocycles. The highest BCUT2D eigenvalue weighted by Crippen LogP contribution is 2.17. The molecule has 0 rings (SSSR count). The van der Waals surface area contributed by atoms with Crippen LogP contribution in [0.3, 0.4) is 0 Å². The molecule has 0 fully saturated rings. The molecule has 0 N–H and O–H groups in total. The lowest BCUT2D eigenvalue weighted by molar-refractivity contribution is 0.0616. The Hall–Kier alpha value is -0.683. The normalized spacial score (nSPS) is 13.2. The van der Waals surface area contributed by atoms with Crippen LogP contribution in [0.5, 0.6) is 0 Å². The van der Waals surface area contributed by atoms with Gasteiger partial charge in [-0.2, -0.15) is 0 Å². The van der Waals surface area contributed by atoms with Gasteiger partial charge in [0, 0.05) is 26.4 Å². The van der Waals surface area contributed by atoms with E-state index in [9.17, 15) is 0 Å². The molecule has 0 aliphatic rings. The number of unbranched alkanes of at least 4 members (excludes halogenated alkanes) is 36. The van der Waals surface area contributed by atoms with Gasteiger partial charge in [0.25, 0.3) is 0 Å². The molecule has 0 amide bonds. The molecule has 0 aliphatic carbocycles. The fraction of sp³-hybridized carbons (Fsp3) is 0.891. The minimum atomic E-state index is -2.60. The molecule has 59 heavy (non-hydrogen) atoms. The molecule has 0 saturated carbocycles. The van der Waals surface area contributed by atoms with Gasteiger partial charge in [0.15, 0.2) is 0 Å². The summed E-state index contributed by atoms with van der Waals surface area (Å²) in [5.41, 5.74) is 0. The SMILES string of the molecule is CCCCCCCCC=CCCCCCCCCO[Si](C)(OCCCCCCCCC=CCCCCCCCC)OCCCCCCCCC=CCCCCCCCC. The molecule has 350 valence electrons. The van der Waals surface area contributed by atoms with E-state index in [0.717, 1.165) is 39.1 Å². The first-order valence-electron chi connectivity index (χ1n) is 27.0. The van der Waals surface area contributed by atoms with Crippen LogP contribution in [0, 0.1) is 0 Å². The van der Waals surface area contributed by atoms with Crippen LogP contribution in [-0.4, -0.2) is 28.6 Å². The summed E-state index contributed by atoms with van der Waals surface area (Å²) in [5, 5.41) is 0. The van der Waals surface area contributed by atoms with E-state index in [0.29, 0.717) is 0 Å². The Bertz CT molecular complexity index is 746. The average molecular weight is 846 g/mol. The first kappa shape index (κ1) is 58.3. The van der Waals surface area contributed by atoms with E-state index in [2.05, 4.69) is 63.8 Å². The summed E-state index contributed by atoms with van der Waals surface area (Å²) in [5.74, 6) is 0. The number of rotatable bonds is 51. The van der Waals surface area contributed by atoms with Crippen molar-refractivity contribution in [2.75, 3.05) is 19.8 Å². The summed E-state index contributed by atoms with van der Waals surface area (Å²) in [6, 6.07) is 0. The van der Waals surface area contributed by atoms with Crippen molar-refractivity contribution in [3.8, 4) is 0 Å². The van der Waals surface area contributed by atoms with Crippen molar-refractivity contribution in [1.82, 2.24) is 0 Å². The number of hydrogen-bond acceptors (Lipinski definition) is 3. The summed E-state index contributed by atoms with van der Waals surface area (Å²) >= 11 is 0. The minimum Gasteiger partial charge on any atom is -0.374 e. The third kappa shape index (κ3) is 49.8. The Balaban J connectivity index is 4.18. The van der Waals surface area contributed by atoms with Crippen LogP contribution in [0.15, 0.2) is 36.5 Å². The van der Waals surface area contributed by atoms with E-state index in [-0.39, 0.29) is 0 Å². The van der Waals surface area contributed by atoms with E-state index in [4.69, 9.17) is 13.3 Å². The third-order valence-corrected chi connectivity index (χ3v) is 14.2. The van der Waals surface area contributed by atoms with E-state index >= 15 is 0 Å². The standard InChI is InChI=1S/C55H108O3Si/c1-5-8-11-14-17-20-23-26-29-32-35-38-41-44-47-50-53-56-59(4,57-54-51-48-45-42-39-36-33-30-27-24-21-18-15-12-9-6-2)58-55-52-49-46-43-40-37-34-31-28-25-22-19-16-13-10-7-3/h26-31H,5-25,32-55H2,1-4H3. The van der Waals surface area contributed by atoms with Gasteiger partial charge in [0.1, 0.15) is 0 Å². The summed E-state index contributed by atoms with van der Waals surface area (Å²) in [4.78, 5) is 0. The van der Waals surface area contributed by atoms with E-state index in [1.54, 1.807) is 0 Å². The van der Waals surface area contributed by atoms with E-state index < -0.39 is 8.80 Å². The lowest BCUT2D eigenvalue weighted by atomic mass is 10.1. The first-order chi connectivity index (χ1) is 29.2. The van der Waals surface area contributed by atoms with Crippen LogP contribution >= 0.6 is 0 Å².